The zero-order valence-corrected chi connectivity index (χ0v) is 27.4. The van der Waals surface area contributed by atoms with Gasteiger partial charge in [-0.05, 0) is 106 Å². The lowest BCUT2D eigenvalue weighted by molar-refractivity contribution is -0.00888. The molecule has 0 unspecified atom stereocenters. The Morgan fingerprint density at radius 2 is 1.41 bits per heavy atom. The van der Waals surface area contributed by atoms with Crippen molar-refractivity contribution in [2.75, 3.05) is 23.0 Å². The molecule has 0 spiro atoms. The van der Waals surface area contributed by atoms with Crippen LogP contribution in [0.1, 0.15) is 133 Å². The van der Waals surface area contributed by atoms with Crippen molar-refractivity contribution in [3.63, 3.8) is 0 Å². The van der Waals surface area contributed by atoms with Crippen LogP contribution in [0.15, 0.2) is 0 Å². The molecule has 224 valence electrons. The topological polar surface area (TPSA) is 66.4 Å². The minimum Gasteiger partial charge on any atom is -0.378 e. The highest BCUT2D eigenvalue weighted by Gasteiger charge is 2.48. The second-order valence-electron chi connectivity index (χ2n) is 14.6. The molecule has 0 atom stereocenters. The van der Waals surface area contributed by atoms with Gasteiger partial charge in [0, 0.05) is 41.3 Å². The third-order valence-corrected chi connectivity index (χ3v) is 8.59. The second-order valence-corrected chi connectivity index (χ2v) is 15.0. The second kappa shape index (κ2) is 12.8. The number of anilines is 2. The summed E-state index contributed by atoms with van der Waals surface area (Å²) in [4.78, 5) is 19.4. The molecule has 0 bridgehead atoms. The van der Waals surface area contributed by atoms with Gasteiger partial charge >= 0.3 is 0 Å². The molecular weight excluding hydrogens is 508 g/mol. The molecule has 7 nitrogen and oxygen atoms in total. The zero-order valence-electron chi connectivity index (χ0n) is 26.7. The van der Waals surface area contributed by atoms with Crippen molar-refractivity contribution in [1.29, 1.82) is 0 Å². The first-order chi connectivity index (χ1) is 18.1. The van der Waals surface area contributed by atoms with Crippen molar-refractivity contribution in [2.24, 2.45) is 0 Å². The number of aromatic nitrogens is 3. The lowest BCUT2D eigenvalue weighted by Gasteiger charge is -2.55. The summed E-state index contributed by atoms with van der Waals surface area (Å²) in [6, 6.07) is 0.321. The number of hydrogen-bond donors (Lipinski definition) is 1. The van der Waals surface area contributed by atoms with Gasteiger partial charge in [-0.2, -0.15) is 15.0 Å². The number of ether oxygens (including phenoxy) is 1. The van der Waals surface area contributed by atoms with Gasteiger partial charge in [0.2, 0.25) is 17.2 Å². The molecule has 39 heavy (non-hydrogen) atoms. The van der Waals surface area contributed by atoms with Crippen LogP contribution in [0.4, 0.5) is 11.9 Å². The number of halogens is 1. The standard InChI is InChI=1S/C31H57ClN6O/c1-11-13-15-16-18-39-24-21-30(7,8)38(31(9,10)22-24)27-34-25(32)33-26(35-27)37(17-14-12-2)23-19-28(3,4)36-29(5,6)20-23/h23-24,36H,11-22H2,1-10H3. The molecule has 0 saturated carbocycles. The average Bonchev–Trinajstić information content (AvgIpc) is 2.75. The summed E-state index contributed by atoms with van der Waals surface area (Å²) in [7, 11) is 0. The smallest absolute Gasteiger partial charge is 0.232 e. The van der Waals surface area contributed by atoms with Crippen LogP contribution in [0.3, 0.4) is 0 Å². The molecule has 1 N–H and O–H groups in total. The van der Waals surface area contributed by atoms with E-state index in [1.165, 1.54) is 19.3 Å². The molecular formula is C31H57ClN6O. The minimum atomic E-state index is -0.190. The van der Waals surface area contributed by atoms with E-state index in [0.29, 0.717) is 17.9 Å². The van der Waals surface area contributed by atoms with Gasteiger partial charge in [-0.25, -0.2) is 0 Å². The molecule has 0 aromatic carbocycles. The van der Waals surface area contributed by atoms with E-state index < -0.39 is 0 Å². The van der Waals surface area contributed by atoms with Gasteiger partial charge in [0.15, 0.2) is 0 Å². The normalized spacial score (nSPS) is 22.7. The molecule has 2 saturated heterocycles. The van der Waals surface area contributed by atoms with E-state index in [1.807, 2.05) is 0 Å². The Bertz CT molecular complexity index is 900. The largest absolute Gasteiger partial charge is 0.378 e. The Morgan fingerprint density at radius 3 is 1.97 bits per heavy atom. The molecule has 0 radical (unpaired) electrons. The summed E-state index contributed by atoms with van der Waals surface area (Å²) >= 11 is 6.67. The number of rotatable bonds is 12. The van der Waals surface area contributed by atoms with Crippen LogP contribution in [0, 0.1) is 0 Å². The first-order valence-electron chi connectivity index (χ1n) is 15.5. The highest BCUT2D eigenvalue weighted by atomic mass is 35.5. The van der Waals surface area contributed by atoms with Gasteiger partial charge < -0.3 is 19.9 Å². The van der Waals surface area contributed by atoms with Gasteiger partial charge in [0.05, 0.1) is 6.10 Å². The molecule has 1 aromatic rings. The quantitative estimate of drug-likeness (QED) is 0.263. The maximum absolute atomic E-state index is 6.67. The molecule has 2 fully saturated rings. The van der Waals surface area contributed by atoms with Crippen LogP contribution in [0.25, 0.3) is 0 Å². The molecule has 0 amide bonds. The van der Waals surface area contributed by atoms with Crippen molar-refractivity contribution >= 4 is 23.5 Å². The SMILES string of the molecule is CCCCCCOC1CC(C)(C)N(c2nc(Cl)nc(N(CCCC)C3CC(C)(C)NC(C)(C)C3)n2)C(C)(C)C1. The fraction of sp³-hybridized carbons (Fsp3) is 0.903. The predicted molar refractivity (Wildman–Crippen MR) is 165 cm³/mol. The lowest BCUT2D eigenvalue weighted by atomic mass is 9.78. The van der Waals surface area contributed by atoms with E-state index in [4.69, 9.17) is 31.3 Å². The van der Waals surface area contributed by atoms with E-state index in [9.17, 15) is 0 Å². The summed E-state index contributed by atoms with van der Waals surface area (Å²) < 4.78 is 6.41. The van der Waals surface area contributed by atoms with Crippen LogP contribution < -0.4 is 15.1 Å². The van der Waals surface area contributed by atoms with E-state index in [0.717, 1.165) is 58.1 Å². The van der Waals surface area contributed by atoms with Crippen LogP contribution in [-0.2, 0) is 4.74 Å². The maximum Gasteiger partial charge on any atom is 0.232 e. The first kappa shape index (κ1) is 32.3. The van der Waals surface area contributed by atoms with Gasteiger partial charge in [0.1, 0.15) is 0 Å². The lowest BCUT2D eigenvalue weighted by Crippen LogP contribution is -2.63. The molecule has 1 aromatic heterocycles. The van der Waals surface area contributed by atoms with Gasteiger partial charge in [-0.15, -0.1) is 0 Å². The fourth-order valence-electron chi connectivity index (χ4n) is 7.45. The Balaban J connectivity index is 1.90. The number of unbranched alkanes of at least 4 members (excludes halogenated alkanes) is 4. The van der Waals surface area contributed by atoms with Crippen LogP contribution in [0.2, 0.25) is 5.28 Å². The third-order valence-electron chi connectivity index (χ3n) is 8.42. The average molecular weight is 565 g/mol. The van der Waals surface area contributed by atoms with Crippen LogP contribution in [-0.4, -0.2) is 62.4 Å². The van der Waals surface area contributed by atoms with Crippen LogP contribution >= 0.6 is 11.6 Å². The highest BCUT2D eigenvalue weighted by Crippen LogP contribution is 2.42. The predicted octanol–water partition coefficient (Wildman–Crippen LogP) is 7.56. The van der Waals surface area contributed by atoms with Crippen molar-refractivity contribution in [1.82, 2.24) is 20.3 Å². The molecule has 0 aliphatic carbocycles. The van der Waals surface area contributed by atoms with Crippen molar-refractivity contribution in [2.45, 2.75) is 168 Å². The first-order valence-corrected chi connectivity index (χ1v) is 15.9. The number of nitrogens with one attached hydrogen (secondary N) is 1. The monoisotopic (exact) mass is 564 g/mol. The number of piperidine rings is 2. The summed E-state index contributed by atoms with van der Waals surface area (Å²) in [6.07, 6.45) is 11.2. The van der Waals surface area contributed by atoms with Gasteiger partial charge in [0.25, 0.3) is 0 Å². The van der Waals surface area contributed by atoms with E-state index in [-0.39, 0.29) is 33.5 Å². The third kappa shape index (κ3) is 8.65. The molecule has 2 aliphatic rings. The van der Waals surface area contributed by atoms with E-state index >= 15 is 0 Å². The Labute approximate surface area is 244 Å². The summed E-state index contributed by atoms with van der Waals surface area (Å²) in [5, 5.41) is 4.09. The highest BCUT2D eigenvalue weighted by molar-refractivity contribution is 6.28. The van der Waals surface area contributed by atoms with E-state index in [2.05, 4.69) is 84.4 Å². The van der Waals surface area contributed by atoms with Crippen molar-refractivity contribution in [3.05, 3.63) is 5.28 Å². The Hall–Kier alpha value is -1.18. The minimum absolute atomic E-state index is 0.0267. The fourth-order valence-corrected chi connectivity index (χ4v) is 7.60. The number of hydrogen-bond acceptors (Lipinski definition) is 7. The Kier molecular flexibility index (Phi) is 10.6. The van der Waals surface area contributed by atoms with Crippen molar-refractivity contribution < 1.29 is 4.74 Å². The molecule has 2 aliphatic heterocycles. The van der Waals surface area contributed by atoms with Gasteiger partial charge in [-0.3, -0.25) is 0 Å². The summed E-state index contributed by atoms with van der Waals surface area (Å²) in [5.74, 6) is 1.38. The van der Waals surface area contributed by atoms with E-state index in [1.54, 1.807) is 0 Å². The molecule has 3 rings (SSSR count). The van der Waals surface area contributed by atoms with Crippen molar-refractivity contribution in [3.8, 4) is 0 Å². The van der Waals surface area contributed by atoms with Crippen LogP contribution in [0.5, 0.6) is 0 Å². The summed E-state index contributed by atoms with van der Waals surface area (Å²) in [6.45, 7) is 24.6. The van der Waals surface area contributed by atoms with Gasteiger partial charge in [-0.1, -0.05) is 39.5 Å². The summed E-state index contributed by atoms with van der Waals surface area (Å²) in [5.41, 5.74) is -0.326. The maximum atomic E-state index is 6.67. The Morgan fingerprint density at radius 1 is 0.821 bits per heavy atom. The zero-order chi connectivity index (χ0) is 29.1. The molecule has 3 heterocycles. The molecule has 8 heteroatoms. The number of nitrogens with zero attached hydrogens (tertiary/aromatic N) is 5.